The van der Waals surface area contributed by atoms with Crippen LogP contribution in [-0.2, 0) is 6.61 Å². The van der Waals surface area contributed by atoms with Gasteiger partial charge < -0.3 is 9.84 Å². The first-order chi connectivity index (χ1) is 10.3. The SMILES string of the molecule is CC[C@H](O)c1ccccc1OCc1nc2ccccc2s1. The first-order valence-electron chi connectivity index (χ1n) is 7.02. The predicted octanol–water partition coefficient (Wildman–Crippen LogP) is 4.32. The lowest BCUT2D eigenvalue weighted by molar-refractivity contribution is 0.166. The number of thiazole rings is 1. The molecule has 0 saturated carbocycles. The third-order valence-electron chi connectivity index (χ3n) is 3.35. The molecule has 1 N–H and O–H groups in total. The fourth-order valence-electron chi connectivity index (χ4n) is 2.23. The maximum absolute atomic E-state index is 10.0. The van der Waals surface area contributed by atoms with Gasteiger partial charge in [0.1, 0.15) is 17.4 Å². The second-order valence-corrected chi connectivity index (χ2v) is 5.94. The standard InChI is InChI=1S/C17H17NO2S/c1-2-14(19)12-7-3-5-9-15(12)20-11-17-18-13-8-4-6-10-16(13)21-17/h3-10,14,19H,2,11H2,1H3/t14-/m0/s1. The van der Waals surface area contributed by atoms with Crippen molar-refractivity contribution in [2.75, 3.05) is 0 Å². The molecule has 0 aliphatic carbocycles. The summed E-state index contributed by atoms with van der Waals surface area (Å²) >= 11 is 1.64. The van der Waals surface area contributed by atoms with E-state index >= 15 is 0 Å². The highest BCUT2D eigenvalue weighted by atomic mass is 32.1. The molecule has 3 rings (SSSR count). The smallest absolute Gasteiger partial charge is 0.140 e. The summed E-state index contributed by atoms with van der Waals surface area (Å²) in [5, 5.41) is 11.0. The molecule has 0 fully saturated rings. The van der Waals surface area contributed by atoms with Gasteiger partial charge in [0.25, 0.3) is 0 Å². The predicted molar refractivity (Wildman–Crippen MR) is 85.6 cm³/mol. The number of aliphatic hydroxyl groups excluding tert-OH is 1. The Labute approximate surface area is 127 Å². The van der Waals surface area contributed by atoms with Crippen LogP contribution in [0.1, 0.15) is 30.0 Å². The maximum Gasteiger partial charge on any atom is 0.140 e. The Bertz CT molecular complexity index is 705. The van der Waals surface area contributed by atoms with Crippen molar-refractivity contribution in [2.45, 2.75) is 26.1 Å². The summed E-state index contributed by atoms with van der Waals surface area (Å²) in [7, 11) is 0. The molecule has 108 valence electrons. The van der Waals surface area contributed by atoms with Gasteiger partial charge >= 0.3 is 0 Å². The molecule has 0 amide bonds. The van der Waals surface area contributed by atoms with E-state index in [4.69, 9.17) is 4.74 Å². The summed E-state index contributed by atoms with van der Waals surface area (Å²) in [5.74, 6) is 0.728. The van der Waals surface area contributed by atoms with Gasteiger partial charge in [-0.05, 0) is 24.6 Å². The van der Waals surface area contributed by atoms with Crippen molar-refractivity contribution >= 4 is 21.6 Å². The van der Waals surface area contributed by atoms with E-state index in [1.165, 1.54) is 0 Å². The minimum absolute atomic E-state index is 0.423. The molecule has 2 aromatic carbocycles. The van der Waals surface area contributed by atoms with Crippen LogP contribution in [0.5, 0.6) is 5.75 Å². The number of hydrogen-bond donors (Lipinski definition) is 1. The number of hydrogen-bond acceptors (Lipinski definition) is 4. The quantitative estimate of drug-likeness (QED) is 0.763. The molecule has 0 saturated heterocycles. The zero-order valence-electron chi connectivity index (χ0n) is 11.8. The lowest BCUT2D eigenvalue weighted by atomic mass is 10.1. The van der Waals surface area contributed by atoms with Crippen LogP contribution >= 0.6 is 11.3 Å². The second-order valence-electron chi connectivity index (χ2n) is 4.83. The summed E-state index contributed by atoms with van der Waals surface area (Å²) in [6.45, 7) is 2.38. The van der Waals surface area contributed by atoms with Crippen LogP contribution < -0.4 is 4.74 Å². The molecule has 0 aliphatic rings. The molecule has 3 aromatic rings. The first kappa shape index (κ1) is 14.0. The number of aliphatic hydroxyl groups is 1. The number of rotatable bonds is 5. The Balaban J connectivity index is 1.78. The summed E-state index contributed by atoms with van der Waals surface area (Å²) in [4.78, 5) is 4.55. The van der Waals surface area contributed by atoms with Crippen LogP contribution in [0.4, 0.5) is 0 Å². The van der Waals surface area contributed by atoms with Crippen molar-refractivity contribution in [2.24, 2.45) is 0 Å². The highest BCUT2D eigenvalue weighted by Gasteiger charge is 2.12. The molecule has 0 bridgehead atoms. The number of ether oxygens (including phenoxy) is 1. The maximum atomic E-state index is 10.0. The molecular formula is C17H17NO2S. The topological polar surface area (TPSA) is 42.4 Å². The molecule has 1 atom stereocenters. The highest BCUT2D eigenvalue weighted by molar-refractivity contribution is 7.18. The zero-order chi connectivity index (χ0) is 14.7. The van der Waals surface area contributed by atoms with Gasteiger partial charge in [0.15, 0.2) is 0 Å². The molecule has 0 unspecified atom stereocenters. The minimum atomic E-state index is -0.489. The molecule has 3 nitrogen and oxygen atoms in total. The van der Waals surface area contributed by atoms with E-state index in [-0.39, 0.29) is 0 Å². The summed E-state index contributed by atoms with van der Waals surface area (Å²) in [5.41, 5.74) is 1.84. The van der Waals surface area contributed by atoms with Crippen molar-refractivity contribution < 1.29 is 9.84 Å². The van der Waals surface area contributed by atoms with Crippen molar-refractivity contribution in [3.05, 3.63) is 59.1 Å². The molecule has 1 aromatic heterocycles. The minimum Gasteiger partial charge on any atom is -0.486 e. The van der Waals surface area contributed by atoms with Crippen LogP contribution in [0.25, 0.3) is 10.2 Å². The molecule has 0 aliphatic heterocycles. The fraction of sp³-hybridized carbons (Fsp3) is 0.235. The van der Waals surface area contributed by atoms with Crippen LogP contribution in [0, 0.1) is 0 Å². The Morgan fingerprint density at radius 1 is 1.14 bits per heavy atom. The molecule has 4 heteroatoms. The van der Waals surface area contributed by atoms with Crippen LogP contribution in [0.15, 0.2) is 48.5 Å². The average Bonchev–Trinajstić information content (AvgIpc) is 2.95. The lowest BCUT2D eigenvalue weighted by Gasteiger charge is -2.14. The zero-order valence-corrected chi connectivity index (χ0v) is 12.6. The molecule has 0 radical (unpaired) electrons. The average molecular weight is 299 g/mol. The van der Waals surface area contributed by atoms with Crippen LogP contribution in [0.3, 0.4) is 0 Å². The van der Waals surface area contributed by atoms with Crippen molar-refractivity contribution in [3.8, 4) is 5.75 Å². The highest BCUT2D eigenvalue weighted by Crippen LogP contribution is 2.28. The number of nitrogens with zero attached hydrogens (tertiary/aromatic N) is 1. The number of fused-ring (bicyclic) bond motifs is 1. The molecule has 21 heavy (non-hydrogen) atoms. The first-order valence-corrected chi connectivity index (χ1v) is 7.84. The fourth-order valence-corrected chi connectivity index (χ4v) is 3.11. The second kappa shape index (κ2) is 6.24. The number of benzene rings is 2. The van der Waals surface area contributed by atoms with Crippen molar-refractivity contribution in [3.63, 3.8) is 0 Å². The molecule has 1 heterocycles. The van der Waals surface area contributed by atoms with Crippen molar-refractivity contribution in [1.82, 2.24) is 4.98 Å². The van der Waals surface area contributed by atoms with Gasteiger partial charge in [-0.2, -0.15) is 0 Å². The van der Waals surface area contributed by atoms with Gasteiger partial charge in [0.05, 0.1) is 16.3 Å². The Kier molecular flexibility index (Phi) is 4.18. The number of para-hydroxylation sites is 2. The molecular weight excluding hydrogens is 282 g/mol. The summed E-state index contributed by atoms with van der Waals surface area (Å²) in [6.07, 6.45) is 0.179. The lowest BCUT2D eigenvalue weighted by Crippen LogP contribution is -2.02. The van der Waals surface area contributed by atoms with Gasteiger partial charge in [-0.3, -0.25) is 0 Å². The van der Waals surface area contributed by atoms with E-state index in [2.05, 4.69) is 11.1 Å². The monoisotopic (exact) mass is 299 g/mol. The summed E-state index contributed by atoms with van der Waals surface area (Å²) < 4.78 is 7.03. The van der Waals surface area contributed by atoms with E-state index < -0.39 is 6.10 Å². The largest absolute Gasteiger partial charge is 0.486 e. The van der Waals surface area contributed by atoms with E-state index in [0.29, 0.717) is 13.0 Å². The van der Waals surface area contributed by atoms with Gasteiger partial charge in [-0.25, -0.2) is 4.98 Å². The Morgan fingerprint density at radius 2 is 1.90 bits per heavy atom. The number of aromatic nitrogens is 1. The van der Waals surface area contributed by atoms with Gasteiger partial charge in [-0.15, -0.1) is 11.3 Å². The van der Waals surface area contributed by atoms with Gasteiger partial charge in [-0.1, -0.05) is 37.3 Å². The third-order valence-corrected chi connectivity index (χ3v) is 4.36. The van der Waals surface area contributed by atoms with Crippen LogP contribution in [0.2, 0.25) is 0 Å². The van der Waals surface area contributed by atoms with Gasteiger partial charge in [0, 0.05) is 5.56 Å². The summed E-state index contributed by atoms with van der Waals surface area (Å²) in [6, 6.07) is 15.7. The van der Waals surface area contributed by atoms with Crippen molar-refractivity contribution in [1.29, 1.82) is 0 Å². The Morgan fingerprint density at radius 3 is 2.71 bits per heavy atom. The van der Waals surface area contributed by atoms with E-state index in [9.17, 15) is 5.11 Å². The third kappa shape index (κ3) is 3.06. The van der Waals surface area contributed by atoms with Crippen LogP contribution in [-0.4, -0.2) is 10.1 Å². The van der Waals surface area contributed by atoms with E-state index in [0.717, 1.165) is 26.5 Å². The normalized spacial score (nSPS) is 12.5. The van der Waals surface area contributed by atoms with Gasteiger partial charge in [0.2, 0.25) is 0 Å². The Hall–Kier alpha value is -1.91. The van der Waals surface area contributed by atoms with E-state index in [1.54, 1.807) is 11.3 Å². The van der Waals surface area contributed by atoms with E-state index in [1.807, 2.05) is 49.4 Å². The molecule has 0 spiro atoms.